The number of likely N-dealkylation sites (N-methyl/N-ethyl adjacent to an activating group) is 1. The van der Waals surface area contributed by atoms with E-state index in [9.17, 15) is 4.39 Å². The van der Waals surface area contributed by atoms with Gasteiger partial charge in [-0.05, 0) is 73.2 Å². The molecule has 31 heavy (non-hydrogen) atoms. The number of thiocarbonyl (C=S) groups is 1. The lowest BCUT2D eigenvalue weighted by atomic mass is 10.1. The first-order valence-electron chi connectivity index (χ1n) is 10.7. The lowest BCUT2D eigenvalue weighted by Gasteiger charge is -2.35. The molecule has 0 radical (unpaired) electrons. The van der Waals surface area contributed by atoms with Crippen LogP contribution in [0.3, 0.4) is 0 Å². The maximum Gasteiger partial charge on any atom is 0.171 e. The monoisotopic (exact) mass is 437 g/mol. The molecule has 0 saturated carbocycles. The second-order valence-corrected chi connectivity index (χ2v) is 8.29. The third-order valence-electron chi connectivity index (χ3n) is 5.77. The van der Waals surface area contributed by atoms with Crippen LogP contribution in [0.5, 0.6) is 0 Å². The molecule has 0 amide bonds. The summed E-state index contributed by atoms with van der Waals surface area (Å²) in [4.78, 5) is 9.76. The van der Waals surface area contributed by atoms with Crippen LogP contribution in [0.1, 0.15) is 18.1 Å². The molecule has 162 valence electrons. The van der Waals surface area contributed by atoms with Gasteiger partial charge in [-0.1, -0.05) is 19.1 Å². The highest BCUT2D eigenvalue weighted by atomic mass is 32.1. The van der Waals surface area contributed by atoms with E-state index in [1.165, 1.54) is 17.7 Å². The molecule has 0 unspecified atom stereocenters. The van der Waals surface area contributed by atoms with Crippen LogP contribution in [0.2, 0.25) is 0 Å². The van der Waals surface area contributed by atoms with Crippen molar-refractivity contribution >= 4 is 39.7 Å². The molecule has 0 spiro atoms. The maximum absolute atomic E-state index is 13.0. The van der Waals surface area contributed by atoms with E-state index in [0.29, 0.717) is 11.7 Å². The van der Waals surface area contributed by atoms with Crippen LogP contribution < -0.4 is 15.5 Å². The SMILES string of the molecule is CCN1CCN(c2cc(C)c3cc(NC(=S)NCc4ccc(F)cc4)ccc3n2)CC1. The molecule has 0 bridgehead atoms. The van der Waals surface area contributed by atoms with Gasteiger partial charge in [0.15, 0.2) is 5.11 Å². The van der Waals surface area contributed by atoms with Crippen molar-refractivity contribution in [3.8, 4) is 0 Å². The lowest BCUT2D eigenvalue weighted by molar-refractivity contribution is 0.270. The summed E-state index contributed by atoms with van der Waals surface area (Å²) in [5.74, 6) is 0.814. The Hall–Kier alpha value is -2.77. The Morgan fingerprint density at radius 2 is 1.81 bits per heavy atom. The van der Waals surface area contributed by atoms with E-state index >= 15 is 0 Å². The predicted molar refractivity (Wildman–Crippen MR) is 130 cm³/mol. The Labute approximate surface area is 188 Å². The zero-order valence-electron chi connectivity index (χ0n) is 18.0. The van der Waals surface area contributed by atoms with E-state index in [0.717, 1.165) is 60.7 Å². The maximum atomic E-state index is 13.0. The minimum atomic E-state index is -0.240. The van der Waals surface area contributed by atoms with Crippen molar-refractivity contribution in [1.29, 1.82) is 0 Å². The van der Waals surface area contributed by atoms with Crippen LogP contribution in [-0.4, -0.2) is 47.7 Å². The first-order chi connectivity index (χ1) is 15.0. The molecule has 3 aromatic rings. The molecule has 1 aliphatic heterocycles. The van der Waals surface area contributed by atoms with Crippen molar-refractivity contribution in [1.82, 2.24) is 15.2 Å². The van der Waals surface area contributed by atoms with Gasteiger partial charge in [-0.2, -0.15) is 0 Å². The van der Waals surface area contributed by atoms with E-state index in [1.54, 1.807) is 12.1 Å². The zero-order valence-corrected chi connectivity index (χ0v) is 18.8. The van der Waals surface area contributed by atoms with Crippen molar-refractivity contribution in [3.05, 3.63) is 65.5 Å². The summed E-state index contributed by atoms with van der Waals surface area (Å²) in [7, 11) is 0. The highest BCUT2D eigenvalue weighted by Gasteiger charge is 2.17. The number of fused-ring (bicyclic) bond motifs is 1. The fourth-order valence-electron chi connectivity index (χ4n) is 3.87. The molecule has 1 fully saturated rings. The molecule has 2 heterocycles. The highest BCUT2D eigenvalue weighted by molar-refractivity contribution is 7.80. The number of nitrogens with zero attached hydrogens (tertiary/aromatic N) is 3. The Balaban J connectivity index is 1.42. The summed E-state index contributed by atoms with van der Waals surface area (Å²) in [5, 5.41) is 8.04. The molecular weight excluding hydrogens is 409 g/mol. The first-order valence-corrected chi connectivity index (χ1v) is 11.1. The Bertz CT molecular complexity index is 1060. The summed E-state index contributed by atoms with van der Waals surface area (Å²) in [6.07, 6.45) is 0. The van der Waals surface area contributed by atoms with E-state index in [4.69, 9.17) is 17.2 Å². The van der Waals surface area contributed by atoms with Crippen LogP contribution in [0.4, 0.5) is 15.9 Å². The number of halogens is 1. The molecular formula is C24H28FN5S. The molecule has 7 heteroatoms. The summed E-state index contributed by atoms with van der Waals surface area (Å²) in [6.45, 7) is 10.2. The van der Waals surface area contributed by atoms with Gasteiger partial charge in [0, 0.05) is 43.8 Å². The molecule has 0 aliphatic carbocycles. The minimum Gasteiger partial charge on any atom is -0.358 e. The molecule has 5 nitrogen and oxygen atoms in total. The van der Waals surface area contributed by atoms with Crippen molar-refractivity contribution < 1.29 is 4.39 Å². The number of pyridine rings is 1. The molecule has 4 rings (SSSR count). The number of nitrogens with one attached hydrogen (secondary N) is 2. The van der Waals surface area contributed by atoms with Crippen molar-refractivity contribution in [2.45, 2.75) is 20.4 Å². The number of anilines is 2. The fourth-order valence-corrected chi connectivity index (χ4v) is 4.06. The largest absolute Gasteiger partial charge is 0.358 e. The van der Waals surface area contributed by atoms with Crippen LogP contribution in [0.15, 0.2) is 48.5 Å². The molecule has 1 aliphatic rings. The average molecular weight is 438 g/mol. The molecule has 2 aromatic carbocycles. The highest BCUT2D eigenvalue weighted by Crippen LogP contribution is 2.26. The van der Waals surface area contributed by atoms with Gasteiger partial charge in [0.2, 0.25) is 0 Å². The smallest absolute Gasteiger partial charge is 0.171 e. The second kappa shape index (κ2) is 9.58. The number of aromatic nitrogens is 1. The summed E-state index contributed by atoms with van der Waals surface area (Å²) >= 11 is 5.42. The van der Waals surface area contributed by atoms with E-state index in [1.807, 2.05) is 12.1 Å². The van der Waals surface area contributed by atoms with Gasteiger partial charge < -0.3 is 20.4 Å². The Kier molecular flexibility index (Phi) is 6.63. The van der Waals surface area contributed by atoms with Crippen molar-refractivity contribution in [3.63, 3.8) is 0 Å². The van der Waals surface area contributed by atoms with Gasteiger partial charge in [-0.25, -0.2) is 9.37 Å². The second-order valence-electron chi connectivity index (χ2n) is 7.88. The number of rotatable bonds is 5. The Morgan fingerprint density at radius 3 is 2.52 bits per heavy atom. The van der Waals surface area contributed by atoms with Crippen molar-refractivity contribution in [2.24, 2.45) is 0 Å². The van der Waals surface area contributed by atoms with Crippen LogP contribution in [0, 0.1) is 12.7 Å². The summed E-state index contributed by atoms with van der Waals surface area (Å²) < 4.78 is 13.0. The minimum absolute atomic E-state index is 0.240. The Morgan fingerprint density at radius 1 is 1.06 bits per heavy atom. The van der Waals surface area contributed by atoms with Gasteiger partial charge in [-0.15, -0.1) is 0 Å². The quantitative estimate of drug-likeness (QED) is 0.580. The van der Waals surface area contributed by atoms with Crippen LogP contribution in [-0.2, 0) is 6.54 Å². The van der Waals surface area contributed by atoms with Gasteiger partial charge in [0.1, 0.15) is 11.6 Å². The van der Waals surface area contributed by atoms with E-state index in [-0.39, 0.29) is 5.82 Å². The molecule has 1 aromatic heterocycles. The fraction of sp³-hybridized carbons (Fsp3) is 0.333. The number of hydrogen-bond acceptors (Lipinski definition) is 4. The third kappa shape index (κ3) is 5.29. The van der Waals surface area contributed by atoms with Gasteiger partial charge in [0.05, 0.1) is 5.52 Å². The van der Waals surface area contributed by atoms with Gasteiger partial charge >= 0.3 is 0 Å². The van der Waals surface area contributed by atoms with E-state index < -0.39 is 0 Å². The molecule has 1 saturated heterocycles. The predicted octanol–water partition coefficient (Wildman–Crippen LogP) is 4.31. The van der Waals surface area contributed by atoms with Crippen LogP contribution >= 0.6 is 12.2 Å². The van der Waals surface area contributed by atoms with Gasteiger partial charge in [-0.3, -0.25) is 0 Å². The average Bonchev–Trinajstić information content (AvgIpc) is 2.79. The lowest BCUT2D eigenvalue weighted by Crippen LogP contribution is -2.46. The first kappa shape index (κ1) is 21.5. The topological polar surface area (TPSA) is 43.4 Å². The third-order valence-corrected chi connectivity index (χ3v) is 6.02. The number of hydrogen-bond donors (Lipinski definition) is 2. The number of benzene rings is 2. The van der Waals surface area contributed by atoms with Crippen LogP contribution in [0.25, 0.3) is 10.9 Å². The van der Waals surface area contributed by atoms with E-state index in [2.05, 4.69) is 46.4 Å². The normalized spacial score (nSPS) is 14.6. The van der Waals surface area contributed by atoms with Crippen molar-refractivity contribution in [2.75, 3.05) is 42.9 Å². The summed E-state index contributed by atoms with van der Waals surface area (Å²) in [5.41, 5.74) is 4.07. The van der Waals surface area contributed by atoms with Gasteiger partial charge in [0.25, 0.3) is 0 Å². The number of piperazine rings is 1. The zero-order chi connectivity index (χ0) is 21.8. The molecule has 0 atom stereocenters. The standard InChI is InChI=1S/C24H28FN5S/c1-3-29-10-12-30(13-11-29)23-14-17(2)21-15-20(8-9-22(21)28-23)27-24(31)26-16-18-4-6-19(25)7-5-18/h4-9,14-15H,3,10-13,16H2,1-2H3,(H2,26,27,31). The number of aryl methyl sites for hydroxylation is 1. The molecule has 2 N–H and O–H groups in total. The summed E-state index contributed by atoms with van der Waals surface area (Å²) in [6, 6.07) is 14.7.